The minimum absolute atomic E-state index is 0.245. The Morgan fingerprint density at radius 1 is 1.00 bits per heavy atom. The van der Waals surface area contributed by atoms with Crippen molar-refractivity contribution in [1.29, 1.82) is 0 Å². The Morgan fingerprint density at radius 2 is 1.68 bits per heavy atom. The minimum Gasteiger partial charge on any atom is -0.375 e. The summed E-state index contributed by atoms with van der Waals surface area (Å²) in [6.45, 7) is 6.71. The lowest BCUT2D eigenvalue weighted by Gasteiger charge is -2.22. The van der Waals surface area contributed by atoms with Gasteiger partial charge in [-0.05, 0) is 45.2 Å². The Balaban J connectivity index is 1.82. The maximum atomic E-state index is 13.2. The smallest absolute Gasteiger partial charge is 0.264 e. The first-order valence-electron chi connectivity index (χ1n) is 9.88. The zero-order chi connectivity index (χ0) is 20.1. The van der Waals surface area contributed by atoms with E-state index in [1.165, 1.54) is 11.1 Å². The van der Waals surface area contributed by atoms with Crippen LogP contribution in [-0.4, -0.2) is 11.0 Å². The molecular formula is C25H29NO2. The molecule has 1 amide bonds. The van der Waals surface area contributed by atoms with Crippen molar-refractivity contribution in [2.45, 2.75) is 52.2 Å². The van der Waals surface area contributed by atoms with E-state index in [0.717, 1.165) is 24.1 Å². The Hall–Kier alpha value is -2.65. The van der Waals surface area contributed by atoms with Crippen LogP contribution in [0.4, 0.5) is 5.69 Å². The van der Waals surface area contributed by atoms with Crippen LogP contribution >= 0.6 is 0 Å². The average Bonchev–Trinajstić information content (AvgIpc) is 2.90. The van der Waals surface area contributed by atoms with E-state index in [1.807, 2.05) is 60.7 Å². The van der Waals surface area contributed by atoms with Crippen LogP contribution in [0.15, 0.2) is 77.9 Å². The zero-order valence-electron chi connectivity index (χ0n) is 17.0. The fourth-order valence-corrected chi connectivity index (χ4v) is 3.64. The maximum Gasteiger partial charge on any atom is 0.264 e. The van der Waals surface area contributed by atoms with Crippen molar-refractivity contribution in [1.82, 2.24) is 0 Å². The topological polar surface area (TPSA) is 40.5 Å². The largest absolute Gasteiger partial charge is 0.375 e. The maximum absolute atomic E-state index is 13.2. The summed E-state index contributed by atoms with van der Waals surface area (Å²) in [5, 5.41) is 11.4. The van der Waals surface area contributed by atoms with Gasteiger partial charge in [0.2, 0.25) is 0 Å². The van der Waals surface area contributed by atoms with Crippen molar-refractivity contribution in [3.8, 4) is 0 Å². The van der Waals surface area contributed by atoms with Gasteiger partial charge in [0, 0.05) is 12.0 Å². The number of anilines is 1. The minimum atomic E-state index is -1.50. The van der Waals surface area contributed by atoms with E-state index in [0.29, 0.717) is 18.5 Å². The van der Waals surface area contributed by atoms with Gasteiger partial charge in [0.1, 0.15) is 0 Å². The number of carbonyl (C=O) groups excluding carboxylic acids is 1. The van der Waals surface area contributed by atoms with Gasteiger partial charge in [0.15, 0.2) is 5.60 Å². The molecule has 28 heavy (non-hydrogen) atoms. The van der Waals surface area contributed by atoms with Crippen LogP contribution in [0.2, 0.25) is 0 Å². The molecule has 0 bridgehead atoms. The highest BCUT2D eigenvalue weighted by atomic mass is 16.3. The van der Waals surface area contributed by atoms with Gasteiger partial charge in [-0.25, -0.2) is 0 Å². The van der Waals surface area contributed by atoms with Crippen molar-refractivity contribution >= 4 is 11.6 Å². The molecule has 0 saturated heterocycles. The number of aliphatic hydroxyl groups is 1. The molecule has 146 valence electrons. The molecule has 3 nitrogen and oxygen atoms in total. The van der Waals surface area contributed by atoms with Crippen LogP contribution in [0.1, 0.15) is 51.2 Å². The summed E-state index contributed by atoms with van der Waals surface area (Å²) in [5.41, 5.74) is 3.55. The highest BCUT2D eigenvalue weighted by molar-refractivity contribution is 6.06. The van der Waals surface area contributed by atoms with Gasteiger partial charge < -0.3 is 10.0 Å². The Labute approximate surface area is 168 Å². The van der Waals surface area contributed by atoms with Crippen molar-refractivity contribution in [2.24, 2.45) is 0 Å². The molecule has 1 N–H and O–H groups in total. The predicted molar refractivity (Wildman–Crippen MR) is 115 cm³/mol. The van der Waals surface area contributed by atoms with Crippen LogP contribution in [0.5, 0.6) is 0 Å². The highest BCUT2D eigenvalue weighted by Crippen LogP contribution is 2.43. The molecule has 2 aromatic carbocycles. The predicted octanol–water partition coefficient (Wildman–Crippen LogP) is 5.50. The molecule has 1 aliphatic heterocycles. The quantitative estimate of drug-likeness (QED) is 0.649. The molecule has 0 aliphatic carbocycles. The first-order chi connectivity index (χ1) is 13.4. The monoisotopic (exact) mass is 375 g/mol. The van der Waals surface area contributed by atoms with E-state index >= 15 is 0 Å². The van der Waals surface area contributed by atoms with Crippen LogP contribution in [0.3, 0.4) is 0 Å². The highest BCUT2D eigenvalue weighted by Gasteiger charge is 2.48. The van der Waals surface area contributed by atoms with E-state index in [9.17, 15) is 9.90 Å². The fourth-order valence-electron chi connectivity index (χ4n) is 3.64. The number of hydrogen-bond donors (Lipinski definition) is 1. The molecule has 1 unspecified atom stereocenters. The van der Waals surface area contributed by atoms with Gasteiger partial charge in [-0.2, -0.15) is 0 Å². The number of rotatable bonds is 7. The molecule has 1 aliphatic rings. The molecule has 0 fully saturated rings. The first kappa shape index (κ1) is 20.1. The Bertz CT molecular complexity index is 894. The van der Waals surface area contributed by atoms with Crippen LogP contribution in [0, 0.1) is 0 Å². The third-order valence-electron chi connectivity index (χ3n) is 5.26. The summed E-state index contributed by atoms with van der Waals surface area (Å²) in [4.78, 5) is 14.9. The molecular weight excluding hydrogens is 346 g/mol. The van der Waals surface area contributed by atoms with Crippen molar-refractivity contribution < 1.29 is 9.90 Å². The van der Waals surface area contributed by atoms with Crippen molar-refractivity contribution in [3.63, 3.8) is 0 Å². The van der Waals surface area contributed by atoms with E-state index in [2.05, 4.69) is 26.8 Å². The molecule has 0 spiro atoms. The van der Waals surface area contributed by atoms with Gasteiger partial charge in [-0.1, -0.05) is 71.8 Å². The van der Waals surface area contributed by atoms with Gasteiger partial charge in [-0.15, -0.1) is 0 Å². The number of hydrogen-bond acceptors (Lipinski definition) is 2. The summed E-state index contributed by atoms with van der Waals surface area (Å²) in [6.07, 6.45) is 6.44. The Morgan fingerprint density at radius 3 is 2.39 bits per heavy atom. The molecule has 2 aromatic rings. The van der Waals surface area contributed by atoms with Crippen LogP contribution < -0.4 is 4.90 Å². The Kier molecular flexibility index (Phi) is 6.15. The summed E-state index contributed by atoms with van der Waals surface area (Å²) < 4.78 is 0. The number of para-hydroxylation sites is 1. The van der Waals surface area contributed by atoms with Crippen molar-refractivity contribution in [3.05, 3.63) is 89.0 Å². The summed E-state index contributed by atoms with van der Waals surface area (Å²) in [5.74, 6) is -0.245. The molecule has 0 saturated carbocycles. The third kappa shape index (κ3) is 4.26. The standard InChI is InChI=1S/C25H29NO2/c1-19(2)10-9-11-20(3)16-17-25(28)22-14-7-8-15-23(22)26(24(25)27)18-21-12-5-4-6-13-21/h4-8,10,12-16,28H,9,11,17-18H2,1-3H3/b20-16+. The van der Waals surface area contributed by atoms with Gasteiger partial charge in [0.25, 0.3) is 5.91 Å². The van der Waals surface area contributed by atoms with Gasteiger partial charge >= 0.3 is 0 Å². The number of amides is 1. The molecule has 3 rings (SSSR count). The second kappa shape index (κ2) is 8.57. The lowest BCUT2D eigenvalue weighted by molar-refractivity contribution is -0.135. The van der Waals surface area contributed by atoms with E-state index < -0.39 is 5.60 Å². The van der Waals surface area contributed by atoms with E-state index in [1.54, 1.807) is 4.90 Å². The van der Waals surface area contributed by atoms with Crippen LogP contribution in [-0.2, 0) is 16.9 Å². The molecule has 0 radical (unpaired) electrons. The number of fused-ring (bicyclic) bond motifs is 1. The van der Waals surface area contributed by atoms with E-state index in [4.69, 9.17) is 0 Å². The van der Waals surface area contributed by atoms with E-state index in [-0.39, 0.29) is 5.91 Å². The first-order valence-corrected chi connectivity index (χ1v) is 9.88. The summed E-state index contributed by atoms with van der Waals surface area (Å²) in [7, 11) is 0. The second-order valence-corrected chi connectivity index (χ2v) is 7.83. The SMILES string of the molecule is CC(C)=CCC/C(C)=C/CC1(O)C(=O)N(Cc2ccccc2)c2ccccc21. The zero-order valence-corrected chi connectivity index (χ0v) is 17.0. The second-order valence-electron chi connectivity index (χ2n) is 7.83. The molecule has 1 atom stereocenters. The number of carbonyl (C=O) groups is 1. The molecule has 0 aromatic heterocycles. The average molecular weight is 376 g/mol. The van der Waals surface area contributed by atoms with Gasteiger partial charge in [-0.3, -0.25) is 4.79 Å². The summed E-state index contributed by atoms with van der Waals surface area (Å²) in [6, 6.07) is 17.5. The normalized spacial score (nSPS) is 18.9. The molecule has 1 heterocycles. The number of benzene rings is 2. The van der Waals surface area contributed by atoms with Crippen LogP contribution in [0.25, 0.3) is 0 Å². The number of nitrogens with zero attached hydrogens (tertiary/aromatic N) is 1. The summed E-state index contributed by atoms with van der Waals surface area (Å²) >= 11 is 0. The fraction of sp³-hybridized carbons (Fsp3) is 0.320. The number of allylic oxidation sites excluding steroid dienone is 3. The lowest BCUT2D eigenvalue weighted by Crippen LogP contribution is -2.39. The molecule has 3 heteroatoms. The van der Waals surface area contributed by atoms with Crippen molar-refractivity contribution in [2.75, 3.05) is 4.90 Å². The lowest BCUT2D eigenvalue weighted by atomic mass is 9.90. The third-order valence-corrected chi connectivity index (χ3v) is 5.26. The van der Waals surface area contributed by atoms with Gasteiger partial charge in [0.05, 0.1) is 12.2 Å².